The summed E-state index contributed by atoms with van der Waals surface area (Å²) in [5, 5.41) is 0. The van der Waals surface area contributed by atoms with Gasteiger partial charge in [-0.25, -0.2) is 0 Å². The Balaban J connectivity index is 3.26. The summed E-state index contributed by atoms with van der Waals surface area (Å²) in [6.45, 7) is 2.68. The van der Waals surface area contributed by atoms with Crippen molar-refractivity contribution < 1.29 is 9.53 Å². The summed E-state index contributed by atoms with van der Waals surface area (Å²) < 4.78 is 5.05. The van der Waals surface area contributed by atoms with Crippen molar-refractivity contribution in [1.82, 2.24) is 0 Å². The molecule has 0 fully saturated rings. The molecule has 0 aliphatic carbocycles. The molecule has 0 aromatic heterocycles. The van der Waals surface area contributed by atoms with Gasteiger partial charge in [0, 0.05) is 20.1 Å². The molecule has 0 unspecified atom stereocenters. The highest BCUT2D eigenvalue weighted by Gasteiger charge is 2.04. The Morgan fingerprint density at radius 1 is 1.78 bits per heavy atom. The molecule has 3 heteroatoms. The molecule has 0 aliphatic rings. The van der Waals surface area contributed by atoms with Crippen molar-refractivity contribution in [2.45, 2.75) is 13.3 Å². The van der Waals surface area contributed by atoms with Crippen molar-refractivity contribution in [2.24, 2.45) is 5.92 Å². The van der Waals surface area contributed by atoms with E-state index in [-0.39, 0.29) is 3.79 Å². The average molecular weight is 242 g/mol. The van der Waals surface area contributed by atoms with Crippen LogP contribution in [0.3, 0.4) is 0 Å². The summed E-state index contributed by atoms with van der Waals surface area (Å²) in [4.78, 5) is 10.5. The Kier molecular flexibility index (Phi) is 5.38. The molecule has 0 aromatic carbocycles. The third kappa shape index (κ3) is 6.24. The maximum Gasteiger partial charge on any atom is 0.192 e. The van der Waals surface area contributed by atoms with E-state index >= 15 is 0 Å². The molecule has 0 bridgehead atoms. The fourth-order valence-corrected chi connectivity index (χ4v) is 1.37. The number of hydrogen-bond donors (Lipinski definition) is 0. The predicted molar refractivity (Wildman–Crippen MR) is 44.7 cm³/mol. The van der Waals surface area contributed by atoms with Gasteiger partial charge in [0.25, 0.3) is 0 Å². The second-order valence-electron chi connectivity index (χ2n) is 2.12. The van der Waals surface area contributed by atoms with Gasteiger partial charge < -0.3 is 4.74 Å². The number of halogens is 1. The summed E-state index contributed by atoms with van der Waals surface area (Å²) in [6.07, 6.45) is 0.619. The SMILES string of the molecule is COC[C@@H](C)CC(=O)I. The van der Waals surface area contributed by atoms with E-state index in [4.69, 9.17) is 4.74 Å². The lowest BCUT2D eigenvalue weighted by molar-refractivity contribution is -0.110. The van der Waals surface area contributed by atoms with Gasteiger partial charge in [-0.05, 0) is 28.5 Å². The lowest BCUT2D eigenvalue weighted by atomic mass is 10.1. The number of hydrogen-bond acceptors (Lipinski definition) is 2. The van der Waals surface area contributed by atoms with Gasteiger partial charge in [-0.3, -0.25) is 4.79 Å². The molecule has 0 rings (SSSR count). The molecule has 9 heavy (non-hydrogen) atoms. The number of carbonyl (C=O) groups is 1. The summed E-state index contributed by atoms with van der Waals surface area (Å²) >= 11 is 1.80. The van der Waals surface area contributed by atoms with Gasteiger partial charge in [0.05, 0.1) is 0 Å². The number of ether oxygens (including phenoxy) is 1. The molecule has 0 heterocycles. The third-order valence-corrected chi connectivity index (χ3v) is 1.40. The van der Waals surface area contributed by atoms with Crippen molar-refractivity contribution >= 4 is 26.4 Å². The second kappa shape index (κ2) is 5.17. The quantitative estimate of drug-likeness (QED) is 0.553. The molecule has 0 radical (unpaired) electrons. The molecule has 54 valence electrons. The molecule has 0 saturated heterocycles. The van der Waals surface area contributed by atoms with Crippen LogP contribution >= 0.6 is 22.6 Å². The van der Waals surface area contributed by atoms with Crippen LogP contribution in [-0.2, 0) is 9.53 Å². The molecular weight excluding hydrogens is 231 g/mol. The molecule has 0 spiro atoms. The van der Waals surface area contributed by atoms with Gasteiger partial charge in [-0.15, -0.1) is 0 Å². The molecular formula is C6H11IO2. The Morgan fingerprint density at radius 2 is 2.33 bits per heavy atom. The van der Waals surface area contributed by atoms with Gasteiger partial charge in [0.1, 0.15) is 0 Å². The van der Waals surface area contributed by atoms with Crippen molar-refractivity contribution in [2.75, 3.05) is 13.7 Å². The van der Waals surface area contributed by atoms with E-state index in [2.05, 4.69) is 0 Å². The van der Waals surface area contributed by atoms with Crippen LogP contribution in [0, 0.1) is 5.92 Å². The first-order chi connectivity index (χ1) is 4.16. The largest absolute Gasteiger partial charge is 0.384 e. The highest BCUT2D eigenvalue weighted by molar-refractivity contribution is 14.1. The van der Waals surface area contributed by atoms with Crippen molar-refractivity contribution in [3.63, 3.8) is 0 Å². The zero-order valence-electron chi connectivity index (χ0n) is 5.69. The average Bonchev–Trinajstić information content (AvgIpc) is 1.63. The van der Waals surface area contributed by atoms with E-state index in [1.165, 1.54) is 0 Å². The first-order valence-corrected chi connectivity index (χ1v) is 3.92. The molecule has 0 aliphatic heterocycles. The Labute approximate surface area is 69.1 Å². The zero-order valence-corrected chi connectivity index (χ0v) is 7.84. The third-order valence-electron chi connectivity index (χ3n) is 0.960. The van der Waals surface area contributed by atoms with Gasteiger partial charge in [0.2, 0.25) is 0 Å². The number of carbonyl (C=O) groups excluding carboxylic acids is 1. The lowest BCUT2D eigenvalue weighted by Gasteiger charge is -2.04. The summed E-state index contributed by atoms with van der Waals surface area (Å²) in [7, 11) is 1.65. The maximum atomic E-state index is 10.5. The minimum Gasteiger partial charge on any atom is -0.384 e. The van der Waals surface area contributed by atoms with E-state index in [0.29, 0.717) is 18.9 Å². The molecule has 0 amide bonds. The smallest absolute Gasteiger partial charge is 0.192 e. The van der Waals surface area contributed by atoms with E-state index in [0.717, 1.165) is 0 Å². The first kappa shape index (κ1) is 9.36. The van der Waals surface area contributed by atoms with Gasteiger partial charge in [-0.1, -0.05) is 6.92 Å². The van der Waals surface area contributed by atoms with E-state index < -0.39 is 0 Å². The highest BCUT2D eigenvalue weighted by Crippen LogP contribution is 2.05. The summed E-state index contributed by atoms with van der Waals surface area (Å²) in [6, 6.07) is 0. The monoisotopic (exact) mass is 242 g/mol. The summed E-state index contributed by atoms with van der Waals surface area (Å²) in [5.74, 6) is 0.361. The lowest BCUT2D eigenvalue weighted by Crippen LogP contribution is -2.06. The van der Waals surface area contributed by atoms with Crippen LogP contribution in [0.4, 0.5) is 0 Å². The highest BCUT2D eigenvalue weighted by atomic mass is 127. The van der Waals surface area contributed by atoms with Crippen LogP contribution in [0.5, 0.6) is 0 Å². The fourth-order valence-electron chi connectivity index (χ4n) is 0.617. The molecule has 0 N–H and O–H groups in total. The van der Waals surface area contributed by atoms with Crippen LogP contribution in [0.15, 0.2) is 0 Å². The van der Waals surface area contributed by atoms with Crippen LogP contribution < -0.4 is 0 Å². The number of methoxy groups -OCH3 is 1. The minimum atomic E-state index is 0.206. The van der Waals surface area contributed by atoms with Crippen molar-refractivity contribution in [3.8, 4) is 0 Å². The van der Waals surface area contributed by atoms with Gasteiger partial charge >= 0.3 is 0 Å². The number of rotatable bonds is 4. The van der Waals surface area contributed by atoms with Gasteiger partial charge in [-0.2, -0.15) is 0 Å². The Hall–Kier alpha value is 0.360. The van der Waals surface area contributed by atoms with Crippen LogP contribution in [-0.4, -0.2) is 17.5 Å². The van der Waals surface area contributed by atoms with Crippen LogP contribution in [0.1, 0.15) is 13.3 Å². The maximum absolute atomic E-state index is 10.5. The Bertz CT molecular complexity index is 93.1. The second-order valence-corrected chi connectivity index (χ2v) is 3.32. The van der Waals surface area contributed by atoms with Crippen LogP contribution in [0.25, 0.3) is 0 Å². The van der Waals surface area contributed by atoms with Crippen LogP contribution in [0.2, 0.25) is 0 Å². The molecule has 0 aromatic rings. The zero-order chi connectivity index (χ0) is 7.28. The molecule has 2 nitrogen and oxygen atoms in total. The normalized spacial score (nSPS) is 13.2. The molecule has 1 atom stereocenters. The van der Waals surface area contributed by atoms with Gasteiger partial charge in [0.15, 0.2) is 3.79 Å². The standard InChI is InChI=1S/C6H11IO2/c1-5(4-9-2)3-6(7)8/h5H,3-4H2,1-2H3/t5-/m0/s1. The first-order valence-electron chi connectivity index (χ1n) is 2.84. The van der Waals surface area contributed by atoms with Crippen molar-refractivity contribution in [3.05, 3.63) is 0 Å². The van der Waals surface area contributed by atoms with E-state index in [9.17, 15) is 4.79 Å². The molecule has 0 saturated carbocycles. The topological polar surface area (TPSA) is 26.3 Å². The van der Waals surface area contributed by atoms with Crippen molar-refractivity contribution in [1.29, 1.82) is 0 Å². The van der Waals surface area contributed by atoms with E-state index in [1.807, 2.05) is 6.92 Å². The fraction of sp³-hybridized carbons (Fsp3) is 0.833. The predicted octanol–water partition coefficient (Wildman–Crippen LogP) is 1.62. The minimum absolute atomic E-state index is 0.206. The summed E-state index contributed by atoms with van der Waals surface area (Å²) in [5.41, 5.74) is 0. The Morgan fingerprint density at radius 3 is 2.67 bits per heavy atom. The van der Waals surface area contributed by atoms with E-state index in [1.54, 1.807) is 29.7 Å².